The standard InChI is InChI=1S/C23H16FN5O2/c24-20-10-16(11-25)6-8-18(20)19-14-28-29(23(19)31)21-9-7-17(13-26-21)22(30)27-12-15-4-2-1-3-5-15/h1-10,13-14,31H,12H2,(H,27,30). The molecule has 152 valence electrons. The zero-order chi connectivity index (χ0) is 21.8. The second kappa shape index (κ2) is 8.47. The molecule has 0 bridgehead atoms. The predicted octanol–water partition coefficient (Wildman–Crippen LogP) is 3.58. The van der Waals surface area contributed by atoms with E-state index in [1.807, 2.05) is 36.4 Å². The molecule has 2 aromatic carbocycles. The minimum atomic E-state index is -0.646. The first kappa shape index (κ1) is 19.8. The first-order valence-corrected chi connectivity index (χ1v) is 9.32. The molecule has 4 aromatic rings. The van der Waals surface area contributed by atoms with Gasteiger partial charge < -0.3 is 10.4 Å². The molecule has 31 heavy (non-hydrogen) atoms. The molecule has 0 saturated carbocycles. The maximum absolute atomic E-state index is 14.3. The lowest BCUT2D eigenvalue weighted by molar-refractivity contribution is 0.0950. The molecular formula is C23H16FN5O2. The van der Waals surface area contributed by atoms with Crippen molar-refractivity contribution in [1.29, 1.82) is 5.26 Å². The number of pyridine rings is 1. The van der Waals surface area contributed by atoms with Gasteiger partial charge in [0.05, 0.1) is 29.0 Å². The molecule has 0 saturated heterocycles. The van der Waals surface area contributed by atoms with Crippen LogP contribution in [-0.4, -0.2) is 25.8 Å². The van der Waals surface area contributed by atoms with Gasteiger partial charge in [-0.05, 0) is 35.9 Å². The van der Waals surface area contributed by atoms with E-state index in [2.05, 4.69) is 15.4 Å². The third-order valence-corrected chi connectivity index (χ3v) is 4.66. The van der Waals surface area contributed by atoms with Crippen LogP contribution in [0.2, 0.25) is 0 Å². The number of carbonyl (C=O) groups is 1. The maximum Gasteiger partial charge on any atom is 0.253 e. The van der Waals surface area contributed by atoms with E-state index in [9.17, 15) is 14.3 Å². The highest BCUT2D eigenvalue weighted by Gasteiger charge is 2.17. The summed E-state index contributed by atoms with van der Waals surface area (Å²) in [5.41, 5.74) is 1.78. The van der Waals surface area contributed by atoms with Crippen molar-refractivity contribution in [2.45, 2.75) is 6.54 Å². The van der Waals surface area contributed by atoms with E-state index < -0.39 is 5.82 Å². The number of halogens is 1. The van der Waals surface area contributed by atoms with Crippen LogP contribution in [0.4, 0.5) is 4.39 Å². The molecule has 0 spiro atoms. The second-order valence-corrected chi connectivity index (χ2v) is 6.67. The minimum absolute atomic E-state index is 0.111. The van der Waals surface area contributed by atoms with Crippen LogP contribution in [0.3, 0.4) is 0 Å². The Morgan fingerprint density at radius 2 is 1.90 bits per heavy atom. The molecule has 1 amide bonds. The van der Waals surface area contributed by atoms with Crippen molar-refractivity contribution < 1.29 is 14.3 Å². The topological polar surface area (TPSA) is 104 Å². The first-order chi connectivity index (χ1) is 15.1. The van der Waals surface area contributed by atoms with Crippen LogP contribution in [0.15, 0.2) is 73.1 Å². The van der Waals surface area contributed by atoms with Crippen LogP contribution >= 0.6 is 0 Å². The van der Waals surface area contributed by atoms with Crippen LogP contribution < -0.4 is 5.32 Å². The van der Waals surface area contributed by atoms with Crippen molar-refractivity contribution in [2.24, 2.45) is 0 Å². The number of rotatable bonds is 5. The van der Waals surface area contributed by atoms with Gasteiger partial charge in [0.25, 0.3) is 5.91 Å². The molecule has 0 fully saturated rings. The molecule has 0 aliphatic heterocycles. The van der Waals surface area contributed by atoms with Crippen LogP contribution in [0, 0.1) is 17.1 Å². The third-order valence-electron chi connectivity index (χ3n) is 4.66. The van der Waals surface area contributed by atoms with Crippen molar-refractivity contribution in [1.82, 2.24) is 20.1 Å². The number of aromatic hydroxyl groups is 1. The van der Waals surface area contributed by atoms with Crippen molar-refractivity contribution in [3.63, 3.8) is 0 Å². The second-order valence-electron chi connectivity index (χ2n) is 6.67. The Labute approximate surface area is 177 Å². The number of aromatic nitrogens is 3. The summed E-state index contributed by atoms with van der Waals surface area (Å²) in [6, 6.07) is 18.4. The Morgan fingerprint density at radius 1 is 1.10 bits per heavy atom. The fourth-order valence-electron chi connectivity index (χ4n) is 3.03. The first-order valence-electron chi connectivity index (χ1n) is 9.32. The van der Waals surface area contributed by atoms with Gasteiger partial charge in [-0.3, -0.25) is 4.79 Å². The summed E-state index contributed by atoms with van der Waals surface area (Å²) in [4.78, 5) is 16.5. The molecule has 0 radical (unpaired) electrons. The number of amides is 1. The van der Waals surface area contributed by atoms with Gasteiger partial charge in [-0.1, -0.05) is 30.3 Å². The summed E-state index contributed by atoms with van der Waals surface area (Å²) in [6.45, 7) is 0.390. The highest BCUT2D eigenvalue weighted by molar-refractivity contribution is 5.93. The summed E-state index contributed by atoms with van der Waals surface area (Å²) in [5, 5.41) is 26.3. The molecule has 7 nitrogen and oxygen atoms in total. The fourth-order valence-corrected chi connectivity index (χ4v) is 3.03. The van der Waals surface area contributed by atoms with Crippen LogP contribution in [0.1, 0.15) is 21.5 Å². The quantitative estimate of drug-likeness (QED) is 0.520. The number of hydrogen-bond donors (Lipinski definition) is 2. The SMILES string of the molecule is N#Cc1ccc(-c2cnn(-c3ccc(C(=O)NCc4ccccc4)cn3)c2O)c(F)c1. The number of carbonyl (C=O) groups excluding carboxylic acids is 1. The fraction of sp³-hybridized carbons (Fsp3) is 0.0435. The highest BCUT2D eigenvalue weighted by atomic mass is 19.1. The van der Waals surface area contributed by atoms with Gasteiger partial charge in [-0.2, -0.15) is 15.0 Å². The van der Waals surface area contributed by atoms with Gasteiger partial charge >= 0.3 is 0 Å². The van der Waals surface area contributed by atoms with Gasteiger partial charge in [0.2, 0.25) is 5.88 Å². The predicted molar refractivity (Wildman–Crippen MR) is 111 cm³/mol. The molecule has 2 N–H and O–H groups in total. The molecule has 4 rings (SSSR count). The van der Waals surface area contributed by atoms with E-state index in [0.29, 0.717) is 12.1 Å². The summed E-state index contributed by atoms with van der Waals surface area (Å²) in [5.74, 6) is -0.977. The Bertz CT molecular complexity index is 1280. The van der Waals surface area contributed by atoms with Crippen LogP contribution in [0.25, 0.3) is 16.9 Å². The van der Waals surface area contributed by atoms with Gasteiger partial charge in [-0.25, -0.2) is 9.37 Å². The summed E-state index contributed by atoms with van der Waals surface area (Å²) < 4.78 is 15.4. The number of benzene rings is 2. The average molecular weight is 413 g/mol. The van der Waals surface area contributed by atoms with E-state index >= 15 is 0 Å². The van der Waals surface area contributed by atoms with Gasteiger partial charge in [0.15, 0.2) is 5.82 Å². The van der Waals surface area contributed by atoms with Crippen molar-refractivity contribution in [2.75, 3.05) is 0 Å². The van der Waals surface area contributed by atoms with E-state index in [1.165, 1.54) is 30.6 Å². The van der Waals surface area contributed by atoms with Crippen molar-refractivity contribution >= 4 is 5.91 Å². The zero-order valence-corrected chi connectivity index (χ0v) is 16.2. The van der Waals surface area contributed by atoms with Gasteiger partial charge in [0.1, 0.15) is 5.82 Å². The van der Waals surface area contributed by atoms with Crippen LogP contribution in [-0.2, 0) is 6.54 Å². The monoisotopic (exact) mass is 413 g/mol. The maximum atomic E-state index is 14.3. The zero-order valence-electron chi connectivity index (χ0n) is 16.2. The van der Waals surface area contributed by atoms with Crippen molar-refractivity contribution in [3.05, 3.63) is 95.6 Å². The Morgan fingerprint density at radius 3 is 2.58 bits per heavy atom. The lowest BCUT2D eigenvalue weighted by Crippen LogP contribution is -2.23. The smallest absolute Gasteiger partial charge is 0.253 e. The Balaban J connectivity index is 1.52. The molecule has 8 heteroatoms. The Hall–Kier alpha value is -4.51. The minimum Gasteiger partial charge on any atom is -0.493 e. The summed E-state index contributed by atoms with van der Waals surface area (Å²) in [6.07, 6.45) is 2.68. The molecular weight excluding hydrogens is 397 g/mol. The highest BCUT2D eigenvalue weighted by Crippen LogP contribution is 2.32. The average Bonchev–Trinajstić information content (AvgIpc) is 3.19. The molecule has 0 unspecified atom stereocenters. The van der Waals surface area contributed by atoms with Gasteiger partial charge in [0, 0.05) is 18.3 Å². The lowest BCUT2D eigenvalue weighted by atomic mass is 10.1. The van der Waals surface area contributed by atoms with Crippen LogP contribution in [0.5, 0.6) is 5.88 Å². The normalized spacial score (nSPS) is 10.5. The molecule has 0 aliphatic rings. The summed E-state index contributed by atoms with van der Waals surface area (Å²) >= 11 is 0. The largest absolute Gasteiger partial charge is 0.493 e. The van der Waals surface area contributed by atoms with E-state index in [1.54, 1.807) is 6.07 Å². The van der Waals surface area contributed by atoms with E-state index in [4.69, 9.17) is 5.26 Å². The number of nitrogens with one attached hydrogen (secondary N) is 1. The van der Waals surface area contributed by atoms with E-state index in [0.717, 1.165) is 16.3 Å². The van der Waals surface area contributed by atoms with Crippen molar-refractivity contribution in [3.8, 4) is 28.9 Å². The molecule has 2 aromatic heterocycles. The van der Waals surface area contributed by atoms with E-state index in [-0.39, 0.29) is 34.3 Å². The number of nitriles is 1. The third kappa shape index (κ3) is 4.11. The summed E-state index contributed by atoms with van der Waals surface area (Å²) in [7, 11) is 0. The molecule has 2 heterocycles. The number of hydrogen-bond acceptors (Lipinski definition) is 5. The molecule has 0 aliphatic carbocycles. The Kier molecular flexibility index (Phi) is 5.41. The lowest BCUT2D eigenvalue weighted by Gasteiger charge is -2.07. The number of nitrogens with zero attached hydrogens (tertiary/aromatic N) is 4. The van der Waals surface area contributed by atoms with Gasteiger partial charge in [-0.15, -0.1) is 0 Å². The molecule has 0 atom stereocenters.